The third-order valence-electron chi connectivity index (χ3n) is 4.32. The van der Waals surface area contributed by atoms with Crippen LogP contribution < -0.4 is 5.32 Å². The highest BCUT2D eigenvalue weighted by molar-refractivity contribution is 9.10. The van der Waals surface area contributed by atoms with Crippen molar-refractivity contribution in [2.45, 2.75) is 19.9 Å². The summed E-state index contributed by atoms with van der Waals surface area (Å²) in [5.74, 6) is 0.316. The van der Waals surface area contributed by atoms with Gasteiger partial charge in [-0.25, -0.2) is 5.10 Å². The largest absolute Gasteiger partial charge is 0.337 e. The number of nitrogens with one attached hydrogen (secondary N) is 2. The first kappa shape index (κ1) is 17.4. The average Bonchev–Trinajstić information content (AvgIpc) is 3.32. The summed E-state index contributed by atoms with van der Waals surface area (Å²) in [5.41, 5.74) is 3.03. The van der Waals surface area contributed by atoms with Gasteiger partial charge in [-0.3, -0.25) is 4.79 Å². The number of aryl methyl sites for hydroxylation is 1. The summed E-state index contributed by atoms with van der Waals surface area (Å²) in [4.78, 5) is 13.1. The molecule has 2 heterocycles. The fraction of sp³-hybridized carbons (Fsp3) is 0.158. The maximum Gasteiger partial charge on any atom is 0.272 e. The summed E-state index contributed by atoms with van der Waals surface area (Å²) in [7, 11) is 0. The number of hydrogen-bond acceptors (Lipinski definition) is 4. The van der Waals surface area contributed by atoms with Gasteiger partial charge >= 0.3 is 0 Å². The zero-order valence-corrected chi connectivity index (χ0v) is 16.2. The number of benzene rings is 2. The van der Waals surface area contributed by atoms with E-state index in [1.54, 1.807) is 0 Å². The zero-order chi connectivity index (χ0) is 18.8. The highest BCUT2D eigenvalue weighted by Crippen LogP contribution is 2.29. The van der Waals surface area contributed by atoms with Crippen molar-refractivity contribution in [3.8, 4) is 11.4 Å². The van der Waals surface area contributed by atoms with Gasteiger partial charge in [-0.05, 0) is 47.2 Å². The van der Waals surface area contributed by atoms with E-state index in [-0.39, 0.29) is 5.91 Å². The fourth-order valence-corrected chi connectivity index (χ4v) is 3.51. The summed E-state index contributed by atoms with van der Waals surface area (Å²) in [6.45, 7) is 2.87. The third kappa shape index (κ3) is 3.35. The molecule has 136 valence electrons. The van der Waals surface area contributed by atoms with E-state index in [1.165, 1.54) is 0 Å². The van der Waals surface area contributed by atoms with Crippen LogP contribution >= 0.6 is 15.9 Å². The van der Waals surface area contributed by atoms with Gasteiger partial charge in [-0.15, -0.1) is 5.10 Å². The van der Waals surface area contributed by atoms with Crippen molar-refractivity contribution in [2.24, 2.45) is 0 Å². The van der Waals surface area contributed by atoms with E-state index in [4.69, 9.17) is 0 Å². The lowest BCUT2D eigenvalue weighted by atomic mass is 10.1. The Morgan fingerprint density at radius 2 is 2.07 bits per heavy atom. The molecule has 0 aliphatic heterocycles. The van der Waals surface area contributed by atoms with Crippen LogP contribution in [-0.2, 0) is 6.54 Å². The molecule has 8 heteroatoms. The van der Waals surface area contributed by atoms with Crippen LogP contribution in [0.3, 0.4) is 0 Å². The topological polar surface area (TPSA) is 88.5 Å². The lowest BCUT2D eigenvalue weighted by Crippen LogP contribution is -2.17. The van der Waals surface area contributed by atoms with E-state index in [0.29, 0.717) is 22.8 Å². The second-order valence-corrected chi connectivity index (χ2v) is 7.05. The Bertz CT molecular complexity index is 1100. The lowest BCUT2D eigenvalue weighted by molar-refractivity contribution is 0.101. The molecule has 0 aliphatic rings. The van der Waals surface area contributed by atoms with Crippen molar-refractivity contribution in [1.29, 1.82) is 0 Å². The van der Waals surface area contributed by atoms with Crippen LogP contribution in [-0.4, -0.2) is 31.1 Å². The fourth-order valence-electron chi connectivity index (χ4n) is 3.14. The summed E-state index contributed by atoms with van der Waals surface area (Å²) >= 11 is 3.45. The Balaban J connectivity index is 1.74. The predicted molar refractivity (Wildman–Crippen MR) is 107 cm³/mol. The van der Waals surface area contributed by atoms with Gasteiger partial charge in [-0.1, -0.05) is 41.1 Å². The van der Waals surface area contributed by atoms with Crippen LogP contribution in [0.5, 0.6) is 0 Å². The Morgan fingerprint density at radius 3 is 2.85 bits per heavy atom. The number of nitrogens with zero attached hydrogens (tertiary/aromatic N) is 4. The van der Waals surface area contributed by atoms with Gasteiger partial charge in [0, 0.05) is 27.5 Å². The number of fused-ring (bicyclic) bond motifs is 1. The number of carbonyl (C=O) groups excluding carboxylic acids is 1. The number of hydrogen-bond donors (Lipinski definition) is 2. The summed E-state index contributed by atoms with van der Waals surface area (Å²) in [6, 6.07) is 15.5. The minimum atomic E-state index is -0.171. The normalized spacial score (nSPS) is 11.0. The predicted octanol–water partition coefficient (Wildman–Crippen LogP) is 4.25. The Morgan fingerprint density at radius 1 is 1.22 bits per heavy atom. The minimum Gasteiger partial charge on any atom is -0.337 e. The molecule has 27 heavy (non-hydrogen) atoms. The number of rotatable bonds is 5. The van der Waals surface area contributed by atoms with E-state index in [0.717, 1.165) is 28.3 Å². The maximum absolute atomic E-state index is 13.1. The number of carbonyl (C=O) groups is 1. The second kappa shape index (κ2) is 7.32. The molecule has 0 bridgehead atoms. The van der Waals surface area contributed by atoms with E-state index in [1.807, 2.05) is 48.5 Å². The molecule has 0 spiro atoms. The minimum absolute atomic E-state index is 0.171. The molecular weight excluding hydrogens is 408 g/mol. The van der Waals surface area contributed by atoms with Gasteiger partial charge in [0.1, 0.15) is 5.69 Å². The van der Waals surface area contributed by atoms with Gasteiger partial charge in [0.2, 0.25) is 0 Å². The van der Waals surface area contributed by atoms with Crippen molar-refractivity contribution < 1.29 is 4.79 Å². The Labute approximate surface area is 163 Å². The van der Waals surface area contributed by atoms with Gasteiger partial charge in [0.05, 0.1) is 5.69 Å². The molecule has 0 atom stereocenters. The first-order valence-electron chi connectivity index (χ1n) is 8.60. The van der Waals surface area contributed by atoms with E-state index < -0.39 is 0 Å². The molecule has 0 saturated carbocycles. The lowest BCUT2D eigenvalue weighted by Gasteiger charge is -2.12. The van der Waals surface area contributed by atoms with E-state index >= 15 is 0 Å². The molecular formula is C19H17BrN6O. The summed E-state index contributed by atoms with van der Waals surface area (Å²) in [6.07, 6.45) is 0.937. The number of amides is 1. The molecule has 0 fully saturated rings. The number of aromatic amines is 1. The molecule has 2 aromatic carbocycles. The van der Waals surface area contributed by atoms with Crippen LogP contribution in [0.2, 0.25) is 0 Å². The second-order valence-electron chi connectivity index (χ2n) is 6.13. The molecule has 0 radical (unpaired) electrons. The van der Waals surface area contributed by atoms with Crippen LogP contribution in [0, 0.1) is 0 Å². The molecule has 0 unspecified atom stereocenters. The van der Waals surface area contributed by atoms with Crippen molar-refractivity contribution in [3.05, 3.63) is 58.7 Å². The van der Waals surface area contributed by atoms with Crippen LogP contribution in [0.25, 0.3) is 22.3 Å². The number of para-hydroxylation sites is 1. The van der Waals surface area contributed by atoms with Crippen molar-refractivity contribution in [3.63, 3.8) is 0 Å². The smallest absolute Gasteiger partial charge is 0.272 e. The number of tetrazole rings is 1. The Kier molecular flexibility index (Phi) is 4.72. The van der Waals surface area contributed by atoms with Crippen molar-refractivity contribution >= 4 is 38.4 Å². The third-order valence-corrected chi connectivity index (χ3v) is 4.81. The van der Waals surface area contributed by atoms with Crippen LogP contribution in [0.1, 0.15) is 23.8 Å². The van der Waals surface area contributed by atoms with Gasteiger partial charge in [0.15, 0.2) is 5.82 Å². The molecule has 7 nitrogen and oxygen atoms in total. The van der Waals surface area contributed by atoms with Crippen molar-refractivity contribution in [2.75, 3.05) is 5.32 Å². The Hall–Kier alpha value is -3.00. The first-order valence-corrected chi connectivity index (χ1v) is 9.40. The number of aromatic nitrogens is 5. The highest BCUT2D eigenvalue weighted by Gasteiger charge is 2.18. The first-order chi connectivity index (χ1) is 13.2. The number of anilines is 1. The zero-order valence-electron chi connectivity index (χ0n) is 14.6. The van der Waals surface area contributed by atoms with Crippen LogP contribution in [0.4, 0.5) is 5.69 Å². The van der Waals surface area contributed by atoms with Gasteiger partial charge < -0.3 is 9.88 Å². The molecule has 0 aliphatic carbocycles. The summed E-state index contributed by atoms with van der Waals surface area (Å²) in [5, 5.41) is 18.0. The molecule has 2 N–H and O–H groups in total. The van der Waals surface area contributed by atoms with E-state index in [9.17, 15) is 4.79 Å². The molecule has 4 rings (SSSR count). The van der Waals surface area contributed by atoms with Gasteiger partial charge in [-0.2, -0.15) is 0 Å². The SMILES string of the molecule is CCCn1c(C(=O)Nc2ccc(Br)cc2-c2nnn[nH]2)cc2ccccc21. The molecule has 0 saturated heterocycles. The number of halogens is 1. The van der Waals surface area contributed by atoms with Crippen LogP contribution in [0.15, 0.2) is 53.0 Å². The maximum atomic E-state index is 13.1. The summed E-state index contributed by atoms with van der Waals surface area (Å²) < 4.78 is 2.92. The van der Waals surface area contributed by atoms with Gasteiger partial charge in [0.25, 0.3) is 5.91 Å². The average molecular weight is 425 g/mol. The highest BCUT2D eigenvalue weighted by atomic mass is 79.9. The molecule has 4 aromatic rings. The molecule has 1 amide bonds. The number of H-pyrrole nitrogens is 1. The molecule has 2 aromatic heterocycles. The van der Waals surface area contributed by atoms with E-state index in [2.05, 4.69) is 53.4 Å². The monoisotopic (exact) mass is 424 g/mol. The van der Waals surface area contributed by atoms with Crippen molar-refractivity contribution in [1.82, 2.24) is 25.2 Å². The standard InChI is InChI=1S/C19H17BrN6O/c1-2-9-26-16-6-4-3-5-12(16)10-17(26)19(27)21-15-8-7-13(20)11-14(15)18-22-24-25-23-18/h3-8,10-11H,2,9H2,1H3,(H,21,27)(H,22,23,24,25). The quantitative estimate of drug-likeness (QED) is 0.501.